The Bertz CT molecular complexity index is 2210. The standard InChI is InChI=1S/C38H33F5N6O2/c1-2-24-27(39)8-7-21-15-23(50)18-25(31(21)24)34-33(43)35-26(19-44-34)36(49-14-5-3-4-12-45-49)47-37(46-35)51-20-38-10-6-13-48(38)30(9-11-38)22-16-28(40)32(42)29(41)17-22/h1,7-8,15-19,30,45,50H,3-6,9-14,20H2. The van der Waals surface area contributed by atoms with E-state index in [0.29, 0.717) is 54.6 Å². The zero-order valence-electron chi connectivity index (χ0n) is 27.5. The van der Waals surface area contributed by atoms with Crippen LogP contribution in [0.25, 0.3) is 32.9 Å². The van der Waals surface area contributed by atoms with E-state index in [1.165, 1.54) is 30.5 Å². The molecule has 2 atom stereocenters. The molecule has 0 saturated carbocycles. The molecule has 2 N–H and O–H groups in total. The number of fused-ring (bicyclic) bond motifs is 3. The molecule has 0 spiro atoms. The minimum Gasteiger partial charge on any atom is -0.508 e. The van der Waals surface area contributed by atoms with E-state index in [-0.39, 0.29) is 52.1 Å². The predicted molar refractivity (Wildman–Crippen MR) is 181 cm³/mol. The van der Waals surface area contributed by atoms with Gasteiger partial charge in [0.05, 0.1) is 16.5 Å². The second-order valence-electron chi connectivity index (χ2n) is 13.5. The Labute approximate surface area is 290 Å². The molecule has 3 fully saturated rings. The van der Waals surface area contributed by atoms with Crippen LogP contribution in [0.2, 0.25) is 0 Å². The number of hydrazine groups is 1. The second-order valence-corrected chi connectivity index (χ2v) is 13.5. The van der Waals surface area contributed by atoms with E-state index in [0.717, 1.165) is 44.2 Å². The van der Waals surface area contributed by atoms with E-state index in [4.69, 9.17) is 16.1 Å². The third kappa shape index (κ3) is 5.67. The molecule has 3 saturated heterocycles. The normalized spacial score (nSPS) is 20.9. The first-order valence-electron chi connectivity index (χ1n) is 17.0. The highest BCUT2D eigenvalue weighted by Crippen LogP contribution is 2.49. The molecular weight excluding hydrogens is 667 g/mol. The van der Waals surface area contributed by atoms with Crippen molar-refractivity contribution >= 4 is 27.5 Å². The molecule has 0 amide bonds. The molecule has 8 nitrogen and oxygen atoms in total. The molecule has 51 heavy (non-hydrogen) atoms. The Morgan fingerprint density at radius 1 is 0.941 bits per heavy atom. The molecular formula is C38H33F5N6O2. The minimum atomic E-state index is -1.50. The smallest absolute Gasteiger partial charge is 0.319 e. The van der Waals surface area contributed by atoms with Crippen LogP contribution in [0.15, 0.2) is 42.6 Å². The number of nitrogens with one attached hydrogen (secondary N) is 1. The summed E-state index contributed by atoms with van der Waals surface area (Å²) in [7, 11) is 0. The van der Waals surface area contributed by atoms with Gasteiger partial charge >= 0.3 is 6.01 Å². The van der Waals surface area contributed by atoms with Crippen LogP contribution in [0.3, 0.4) is 0 Å². The molecule has 2 unspecified atom stereocenters. The van der Waals surface area contributed by atoms with Gasteiger partial charge in [-0.15, -0.1) is 6.42 Å². The summed E-state index contributed by atoms with van der Waals surface area (Å²) < 4.78 is 80.3. The summed E-state index contributed by atoms with van der Waals surface area (Å²) in [4.78, 5) is 15.9. The van der Waals surface area contributed by atoms with Gasteiger partial charge in [0.15, 0.2) is 29.1 Å². The second kappa shape index (κ2) is 12.9. The van der Waals surface area contributed by atoms with Gasteiger partial charge in [-0.05, 0) is 86.4 Å². The van der Waals surface area contributed by atoms with E-state index < -0.39 is 34.6 Å². The molecule has 13 heteroatoms. The van der Waals surface area contributed by atoms with Crippen molar-refractivity contribution in [2.75, 3.05) is 31.3 Å². The number of anilines is 1. The SMILES string of the molecule is C#Cc1c(F)ccc2cc(O)cc(-c3ncc4c(N5CCCCCN5)nc(OCC56CCCN5C(c5cc(F)c(F)c(F)c5)CC6)nc4c3F)c12. The van der Waals surface area contributed by atoms with Crippen LogP contribution in [0.1, 0.15) is 62.1 Å². The van der Waals surface area contributed by atoms with Crippen molar-refractivity contribution in [3.05, 3.63) is 82.8 Å². The summed E-state index contributed by atoms with van der Waals surface area (Å²) in [5.74, 6) is -2.93. The van der Waals surface area contributed by atoms with Crippen molar-refractivity contribution < 1.29 is 31.8 Å². The van der Waals surface area contributed by atoms with E-state index in [1.54, 1.807) is 0 Å². The van der Waals surface area contributed by atoms with E-state index in [1.807, 2.05) is 5.01 Å². The molecule has 3 aromatic carbocycles. The monoisotopic (exact) mass is 700 g/mol. The predicted octanol–water partition coefficient (Wildman–Crippen LogP) is 7.47. The first kappa shape index (κ1) is 33.1. The fourth-order valence-electron chi connectivity index (χ4n) is 8.09. The third-order valence-electron chi connectivity index (χ3n) is 10.5. The molecule has 8 rings (SSSR count). The summed E-state index contributed by atoms with van der Waals surface area (Å²) >= 11 is 0. The number of halogens is 5. The summed E-state index contributed by atoms with van der Waals surface area (Å²) in [6.07, 6.45) is 12.7. The van der Waals surface area contributed by atoms with Gasteiger partial charge in [0, 0.05) is 36.3 Å². The summed E-state index contributed by atoms with van der Waals surface area (Å²) in [5.41, 5.74) is 2.92. The lowest BCUT2D eigenvalue weighted by Gasteiger charge is -2.35. The average molecular weight is 701 g/mol. The molecule has 262 valence electrons. The van der Waals surface area contributed by atoms with Crippen LogP contribution < -0.4 is 15.2 Å². The minimum absolute atomic E-state index is 0.0840. The van der Waals surface area contributed by atoms with Gasteiger partial charge in [-0.3, -0.25) is 14.9 Å². The maximum Gasteiger partial charge on any atom is 0.319 e. The molecule has 5 aromatic rings. The van der Waals surface area contributed by atoms with Crippen LogP contribution in [0.5, 0.6) is 11.8 Å². The van der Waals surface area contributed by atoms with Gasteiger partial charge in [0.25, 0.3) is 0 Å². The largest absolute Gasteiger partial charge is 0.508 e. The van der Waals surface area contributed by atoms with Crippen LogP contribution >= 0.6 is 0 Å². The van der Waals surface area contributed by atoms with E-state index in [9.17, 15) is 22.7 Å². The van der Waals surface area contributed by atoms with Gasteiger partial charge in [-0.1, -0.05) is 18.4 Å². The lowest BCUT2D eigenvalue weighted by Crippen LogP contribution is -2.44. The Balaban J connectivity index is 1.21. The number of hydrogen-bond donors (Lipinski definition) is 2. The van der Waals surface area contributed by atoms with Gasteiger partial charge in [0.2, 0.25) is 0 Å². The molecule has 3 aliphatic rings. The maximum absolute atomic E-state index is 16.9. The van der Waals surface area contributed by atoms with Crippen LogP contribution in [0.4, 0.5) is 27.8 Å². The number of benzene rings is 3. The maximum atomic E-state index is 16.9. The van der Waals surface area contributed by atoms with E-state index >= 15 is 4.39 Å². The van der Waals surface area contributed by atoms with Crippen molar-refractivity contribution in [1.29, 1.82) is 0 Å². The van der Waals surface area contributed by atoms with Crippen molar-refractivity contribution in [2.24, 2.45) is 0 Å². The highest BCUT2D eigenvalue weighted by atomic mass is 19.2. The zero-order chi connectivity index (χ0) is 35.4. The van der Waals surface area contributed by atoms with Gasteiger partial charge in [0.1, 0.15) is 29.4 Å². The Kier molecular flexibility index (Phi) is 8.39. The lowest BCUT2D eigenvalue weighted by atomic mass is 9.95. The number of ether oxygens (including phenoxy) is 1. The fourth-order valence-corrected chi connectivity index (χ4v) is 8.09. The number of terminal acetylenes is 1. The molecule has 0 aliphatic carbocycles. The fraction of sp³-hybridized carbons (Fsp3) is 0.342. The Morgan fingerprint density at radius 3 is 2.57 bits per heavy atom. The highest BCUT2D eigenvalue weighted by Gasteiger charge is 2.50. The third-order valence-corrected chi connectivity index (χ3v) is 10.5. The number of phenolic OH excluding ortho intramolecular Hbond substituents is 1. The van der Waals surface area contributed by atoms with Crippen molar-refractivity contribution in [3.63, 3.8) is 0 Å². The van der Waals surface area contributed by atoms with Crippen LogP contribution in [-0.2, 0) is 0 Å². The number of phenols is 1. The number of hydrogen-bond acceptors (Lipinski definition) is 8. The number of rotatable bonds is 6. The summed E-state index contributed by atoms with van der Waals surface area (Å²) in [5, 5.41) is 13.3. The number of nitrogens with zero attached hydrogens (tertiary/aromatic N) is 5. The first-order valence-corrected chi connectivity index (χ1v) is 17.0. The summed E-state index contributed by atoms with van der Waals surface area (Å²) in [6, 6.07) is 7.03. The molecule has 5 heterocycles. The Hall–Kier alpha value is -5.06. The molecule has 3 aliphatic heterocycles. The van der Waals surface area contributed by atoms with Crippen LogP contribution in [0, 0.1) is 41.4 Å². The summed E-state index contributed by atoms with van der Waals surface area (Å²) in [6.45, 7) is 2.03. The van der Waals surface area contributed by atoms with Crippen molar-refractivity contribution in [1.82, 2.24) is 25.3 Å². The van der Waals surface area contributed by atoms with Crippen molar-refractivity contribution in [3.8, 4) is 35.4 Å². The average Bonchev–Trinajstić information content (AvgIpc) is 3.57. The number of aromatic hydroxyl groups is 1. The molecule has 0 bridgehead atoms. The van der Waals surface area contributed by atoms with Crippen LogP contribution in [-0.4, -0.2) is 56.7 Å². The topological polar surface area (TPSA) is 86.6 Å². The number of pyridine rings is 1. The van der Waals surface area contributed by atoms with Gasteiger partial charge < -0.3 is 9.84 Å². The molecule has 0 radical (unpaired) electrons. The van der Waals surface area contributed by atoms with E-state index in [2.05, 4.69) is 26.2 Å². The number of aromatic nitrogens is 3. The Morgan fingerprint density at radius 2 is 1.76 bits per heavy atom. The zero-order valence-corrected chi connectivity index (χ0v) is 27.5. The highest BCUT2D eigenvalue weighted by molar-refractivity contribution is 6.03. The van der Waals surface area contributed by atoms with Gasteiger partial charge in [-0.25, -0.2) is 27.4 Å². The first-order chi connectivity index (χ1) is 24.7. The molecule has 2 aromatic heterocycles. The van der Waals surface area contributed by atoms with Crippen molar-refractivity contribution in [2.45, 2.75) is 56.5 Å². The van der Waals surface area contributed by atoms with Gasteiger partial charge in [-0.2, -0.15) is 9.97 Å². The lowest BCUT2D eigenvalue weighted by molar-refractivity contribution is 0.0843. The quantitative estimate of drug-likeness (QED) is 0.107.